The highest BCUT2D eigenvalue weighted by Crippen LogP contribution is 2.26. The Balaban J connectivity index is 3.36. The van der Waals surface area contributed by atoms with Crippen molar-refractivity contribution in [1.29, 1.82) is 0 Å². The second-order valence-corrected chi connectivity index (χ2v) is 2.82. The Bertz CT molecular complexity index is 420. The molecule has 0 saturated heterocycles. The van der Waals surface area contributed by atoms with Crippen LogP contribution >= 0.6 is 11.6 Å². The third-order valence-electron chi connectivity index (χ3n) is 1.48. The molecule has 0 aliphatic heterocycles. The molecule has 0 heterocycles. The summed E-state index contributed by atoms with van der Waals surface area (Å²) in [5.41, 5.74) is 4.11. The number of nitrogens with zero attached hydrogens (tertiary/aromatic N) is 1. The van der Waals surface area contributed by atoms with Crippen molar-refractivity contribution >= 4 is 23.1 Å². The Morgan fingerprint density at radius 2 is 1.80 bits per heavy atom. The molecule has 0 bridgehead atoms. The van der Waals surface area contributed by atoms with Gasteiger partial charge in [-0.3, -0.25) is 0 Å². The lowest BCUT2D eigenvalue weighted by Gasteiger charge is -2.02. The smallest absolute Gasteiger partial charge is 0.196 e. The van der Waals surface area contributed by atoms with Crippen molar-refractivity contribution in [1.82, 2.24) is 0 Å². The van der Waals surface area contributed by atoms with Gasteiger partial charge in [0.05, 0.1) is 5.88 Å². The zero-order valence-corrected chi connectivity index (χ0v) is 7.95. The van der Waals surface area contributed by atoms with Crippen LogP contribution in [0.4, 0.5) is 23.2 Å². The Morgan fingerprint density at radius 3 is 2.33 bits per heavy atom. The minimum absolute atomic E-state index is 0.179. The summed E-state index contributed by atoms with van der Waals surface area (Å²) in [5.74, 6) is -7.11. The molecule has 0 amide bonds. The van der Waals surface area contributed by atoms with Gasteiger partial charge in [0.2, 0.25) is 0 Å². The molecular weight excluding hydrogens is 236 g/mol. The SMILES string of the molecule is NC(CCl)=Nc1c(F)cc(F)c(F)c1F. The standard InChI is InChI=1S/C8H5ClF4N2/c9-2-5(14)15-8-4(11)1-3(10)6(12)7(8)13/h1H,2H2,(H2,14,15). The Morgan fingerprint density at radius 1 is 1.20 bits per heavy atom. The molecule has 0 radical (unpaired) electrons. The molecule has 1 aromatic rings. The van der Waals surface area contributed by atoms with E-state index in [2.05, 4.69) is 4.99 Å². The fourth-order valence-electron chi connectivity index (χ4n) is 0.833. The monoisotopic (exact) mass is 240 g/mol. The molecule has 82 valence electrons. The molecule has 7 heteroatoms. The van der Waals surface area contributed by atoms with Crippen LogP contribution < -0.4 is 5.73 Å². The maximum Gasteiger partial charge on any atom is 0.196 e. The van der Waals surface area contributed by atoms with Gasteiger partial charge in [-0.05, 0) is 0 Å². The Labute approximate surface area is 87.4 Å². The van der Waals surface area contributed by atoms with Gasteiger partial charge in [0.25, 0.3) is 0 Å². The molecule has 0 saturated carbocycles. The molecule has 1 rings (SSSR count). The molecule has 2 N–H and O–H groups in total. The number of rotatable bonds is 2. The van der Waals surface area contributed by atoms with Gasteiger partial charge >= 0.3 is 0 Å². The zero-order valence-electron chi connectivity index (χ0n) is 7.20. The fourth-order valence-corrected chi connectivity index (χ4v) is 0.892. The van der Waals surface area contributed by atoms with E-state index >= 15 is 0 Å². The van der Waals surface area contributed by atoms with Gasteiger partial charge in [0.15, 0.2) is 23.3 Å². The van der Waals surface area contributed by atoms with E-state index in [0.717, 1.165) is 0 Å². The highest BCUT2D eigenvalue weighted by atomic mass is 35.5. The van der Waals surface area contributed by atoms with Gasteiger partial charge in [0.1, 0.15) is 11.5 Å². The summed E-state index contributed by atoms with van der Waals surface area (Å²) in [6, 6.07) is 0.179. The second-order valence-electron chi connectivity index (χ2n) is 2.55. The highest BCUT2D eigenvalue weighted by molar-refractivity contribution is 6.28. The van der Waals surface area contributed by atoms with Crippen LogP contribution in [0.25, 0.3) is 0 Å². The average molecular weight is 241 g/mol. The van der Waals surface area contributed by atoms with Crippen LogP contribution in [-0.2, 0) is 0 Å². The van der Waals surface area contributed by atoms with E-state index in [-0.39, 0.29) is 17.8 Å². The second kappa shape index (κ2) is 4.48. The van der Waals surface area contributed by atoms with Crippen molar-refractivity contribution < 1.29 is 17.6 Å². The molecule has 0 atom stereocenters. The highest BCUT2D eigenvalue weighted by Gasteiger charge is 2.18. The maximum atomic E-state index is 13.0. The summed E-state index contributed by atoms with van der Waals surface area (Å²) >= 11 is 5.21. The fraction of sp³-hybridized carbons (Fsp3) is 0.125. The van der Waals surface area contributed by atoms with Crippen LogP contribution in [-0.4, -0.2) is 11.7 Å². The van der Waals surface area contributed by atoms with E-state index in [1.165, 1.54) is 0 Å². The van der Waals surface area contributed by atoms with E-state index in [1.807, 2.05) is 0 Å². The summed E-state index contributed by atoms with van der Waals surface area (Å²) in [6.45, 7) is 0. The molecule has 0 aliphatic carbocycles. The molecule has 15 heavy (non-hydrogen) atoms. The van der Waals surface area contributed by atoms with Crippen LogP contribution in [0.5, 0.6) is 0 Å². The van der Waals surface area contributed by atoms with Crippen molar-refractivity contribution in [2.75, 3.05) is 5.88 Å². The Hall–Kier alpha value is -1.30. The number of halogens is 5. The zero-order chi connectivity index (χ0) is 11.6. The predicted molar refractivity (Wildman–Crippen MR) is 48.3 cm³/mol. The van der Waals surface area contributed by atoms with Crippen molar-refractivity contribution in [2.45, 2.75) is 0 Å². The topological polar surface area (TPSA) is 38.4 Å². The molecule has 0 unspecified atom stereocenters. The van der Waals surface area contributed by atoms with E-state index in [1.54, 1.807) is 0 Å². The molecule has 1 aromatic carbocycles. The first kappa shape index (κ1) is 11.8. The van der Waals surface area contributed by atoms with Gasteiger partial charge in [-0.15, -0.1) is 11.6 Å². The van der Waals surface area contributed by atoms with Gasteiger partial charge < -0.3 is 5.73 Å². The number of aliphatic imine (C=N–C) groups is 1. The summed E-state index contributed by atoms with van der Waals surface area (Å²) < 4.78 is 51.0. The summed E-state index contributed by atoms with van der Waals surface area (Å²) in [5, 5.41) is 0. The van der Waals surface area contributed by atoms with Crippen LogP contribution in [0.3, 0.4) is 0 Å². The van der Waals surface area contributed by atoms with Crippen LogP contribution in [0, 0.1) is 23.3 Å². The lowest BCUT2D eigenvalue weighted by atomic mass is 10.2. The van der Waals surface area contributed by atoms with Gasteiger partial charge in [0, 0.05) is 6.07 Å². The van der Waals surface area contributed by atoms with E-state index in [4.69, 9.17) is 17.3 Å². The number of amidine groups is 1. The minimum Gasteiger partial charge on any atom is -0.386 e. The van der Waals surface area contributed by atoms with Crippen molar-refractivity contribution in [3.63, 3.8) is 0 Å². The third-order valence-corrected chi connectivity index (χ3v) is 1.76. The first-order valence-electron chi connectivity index (χ1n) is 3.69. The average Bonchev–Trinajstić information content (AvgIpc) is 2.21. The quantitative estimate of drug-likeness (QED) is 0.212. The van der Waals surface area contributed by atoms with Gasteiger partial charge in [-0.1, -0.05) is 0 Å². The third kappa shape index (κ3) is 2.38. The van der Waals surface area contributed by atoms with E-state index in [0.29, 0.717) is 0 Å². The predicted octanol–water partition coefficient (Wildman–Crippen LogP) is 2.47. The number of nitrogens with two attached hydrogens (primary N) is 1. The van der Waals surface area contributed by atoms with Crippen LogP contribution in [0.2, 0.25) is 0 Å². The number of hydrogen-bond acceptors (Lipinski definition) is 1. The lowest BCUT2D eigenvalue weighted by Crippen LogP contribution is -2.13. The summed E-state index contributed by atoms with van der Waals surface area (Å²) in [7, 11) is 0. The molecule has 0 fully saturated rings. The lowest BCUT2D eigenvalue weighted by molar-refractivity contribution is 0.436. The van der Waals surface area contributed by atoms with E-state index < -0.39 is 29.0 Å². The Kier molecular flexibility index (Phi) is 3.52. The maximum absolute atomic E-state index is 13.0. The van der Waals surface area contributed by atoms with Crippen molar-refractivity contribution in [3.05, 3.63) is 29.3 Å². The normalized spacial score (nSPS) is 11.9. The molecule has 0 aliphatic rings. The molecule has 2 nitrogen and oxygen atoms in total. The molecule has 0 spiro atoms. The number of hydrogen-bond donors (Lipinski definition) is 1. The van der Waals surface area contributed by atoms with Crippen LogP contribution in [0.15, 0.2) is 11.1 Å². The molecule has 0 aromatic heterocycles. The summed E-state index contributed by atoms with van der Waals surface area (Å²) in [6.07, 6.45) is 0. The largest absolute Gasteiger partial charge is 0.386 e. The first-order valence-corrected chi connectivity index (χ1v) is 4.22. The number of alkyl halides is 1. The van der Waals surface area contributed by atoms with Crippen LogP contribution in [0.1, 0.15) is 0 Å². The summed E-state index contributed by atoms with van der Waals surface area (Å²) in [4.78, 5) is 3.18. The number of benzene rings is 1. The van der Waals surface area contributed by atoms with Gasteiger partial charge in [-0.2, -0.15) is 0 Å². The minimum atomic E-state index is -1.81. The van der Waals surface area contributed by atoms with Crippen molar-refractivity contribution in [2.24, 2.45) is 10.7 Å². The first-order chi connectivity index (χ1) is 6.97. The molecular formula is C8H5ClF4N2. The van der Waals surface area contributed by atoms with E-state index in [9.17, 15) is 17.6 Å². The van der Waals surface area contributed by atoms with Crippen molar-refractivity contribution in [3.8, 4) is 0 Å². The van der Waals surface area contributed by atoms with Gasteiger partial charge in [-0.25, -0.2) is 22.6 Å².